The number of carbonyl (C=O) groups excluding carboxylic acids is 1. The Labute approximate surface area is 179 Å². The number of methoxy groups -OCH3 is 1. The Morgan fingerprint density at radius 3 is 2.80 bits per heavy atom. The van der Waals surface area contributed by atoms with E-state index in [4.69, 9.17) is 9.26 Å². The van der Waals surface area contributed by atoms with Crippen LogP contribution in [0.4, 0.5) is 0 Å². The number of rotatable bonds is 6. The molecule has 1 amide bonds. The van der Waals surface area contributed by atoms with E-state index in [0.717, 1.165) is 56.8 Å². The largest absolute Gasteiger partial charge is 0.497 e. The molecule has 1 aromatic heterocycles. The lowest BCUT2D eigenvalue weighted by Gasteiger charge is -2.31. The molecule has 162 valence electrons. The number of amides is 1. The van der Waals surface area contributed by atoms with Crippen LogP contribution >= 0.6 is 0 Å². The molecule has 30 heavy (non-hydrogen) atoms. The van der Waals surface area contributed by atoms with Crippen molar-refractivity contribution in [1.82, 2.24) is 15.4 Å². The van der Waals surface area contributed by atoms with Crippen molar-refractivity contribution in [3.8, 4) is 5.75 Å². The van der Waals surface area contributed by atoms with Crippen LogP contribution in [0.5, 0.6) is 5.75 Å². The minimum absolute atomic E-state index is 0.121. The molecule has 2 fully saturated rings. The fourth-order valence-electron chi connectivity index (χ4n) is 4.74. The van der Waals surface area contributed by atoms with Gasteiger partial charge in [0.15, 0.2) is 0 Å². The molecule has 0 bridgehead atoms. The third-order valence-electron chi connectivity index (χ3n) is 6.41. The molecule has 1 aromatic carbocycles. The van der Waals surface area contributed by atoms with E-state index < -0.39 is 0 Å². The fourth-order valence-corrected chi connectivity index (χ4v) is 4.74. The molecule has 1 unspecified atom stereocenters. The van der Waals surface area contributed by atoms with Gasteiger partial charge in [0.05, 0.1) is 12.8 Å². The van der Waals surface area contributed by atoms with E-state index in [9.17, 15) is 4.79 Å². The number of carbonyl (C=O) groups is 1. The molecule has 6 nitrogen and oxygen atoms in total. The van der Waals surface area contributed by atoms with Gasteiger partial charge in [-0.25, -0.2) is 0 Å². The van der Waals surface area contributed by atoms with Crippen LogP contribution in [-0.4, -0.2) is 42.2 Å². The first kappa shape index (κ1) is 20.9. The van der Waals surface area contributed by atoms with Crippen LogP contribution in [0.1, 0.15) is 79.1 Å². The number of hydrogen-bond acceptors (Lipinski definition) is 5. The maximum absolute atomic E-state index is 12.6. The molecular weight excluding hydrogens is 378 g/mol. The second kappa shape index (κ2) is 10.1. The Bertz CT molecular complexity index is 827. The summed E-state index contributed by atoms with van der Waals surface area (Å²) in [5, 5.41) is 7.41. The third kappa shape index (κ3) is 5.42. The van der Waals surface area contributed by atoms with E-state index in [1.54, 1.807) is 7.11 Å². The molecule has 1 N–H and O–H groups in total. The summed E-state index contributed by atoms with van der Waals surface area (Å²) in [7, 11) is 1.70. The summed E-state index contributed by atoms with van der Waals surface area (Å²) >= 11 is 0. The minimum Gasteiger partial charge on any atom is -0.497 e. The summed E-state index contributed by atoms with van der Waals surface area (Å²) < 4.78 is 10.8. The number of benzene rings is 1. The number of hydrogen-bond donors (Lipinski definition) is 1. The van der Waals surface area contributed by atoms with Crippen molar-refractivity contribution >= 4 is 5.91 Å². The first-order valence-electron chi connectivity index (χ1n) is 11.3. The Morgan fingerprint density at radius 2 is 2.00 bits per heavy atom. The number of piperidine rings is 1. The Kier molecular flexibility index (Phi) is 7.05. The van der Waals surface area contributed by atoms with E-state index in [2.05, 4.69) is 27.5 Å². The van der Waals surface area contributed by atoms with Gasteiger partial charge in [-0.2, -0.15) is 0 Å². The van der Waals surface area contributed by atoms with Crippen molar-refractivity contribution in [1.29, 1.82) is 0 Å². The van der Waals surface area contributed by atoms with Crippen molar-refractivity contribution in [2.75, 3.05) is 20.2 Å². The van der Waals surface area contributed by atoms with Gasteiger partial charge >= 0.3 is 0 Å². The van der Waals surface area contributed by atoms with Crippen LogP contribution in [-0.2, 0) is 6.54 Å². The molecule has 4 rings (SSSR count). The topological polar surface area (TPSA) is 67.6 Å². The van der Waals surface area contributed by atoms with Gasteiger partial charge in [0, 0.05) is 31.1 Å². The van der Waals surface area contributed by atoms with Crippen LogP contribution in [0.25, 0.3) is 0 Å². The normalized spacial score (nSPS) is 21.2. The average Bonchev–Trinajstić information content (AvgIpc) is 3.13. The van der Waals surface area contributed by atoms with Gasteiger partial charge in [-0.15, -0.1) is 0 Å². The highest BCUT2D eigenvalue weighted by molar-refractivity contribution is 5.91. The third-order valence-corrected chi connectivity index (χ3v) is 6.41. The van der Waals surface area contributed by atoms with Crippen molar-refractivity contribution in [2.45, 2.75) is 69.9 Å². The molecule has 1 saturated heterocycles. The smallest absolute Gasteiger partial charge is 0.290 e. The van der Waals surface area contributed by atoms with Gasteiger partial charge in [-0.1, -0.05) is 43.0 Å². The molecular formula is C24H33N3O3. The lowest BCUT2D eigenvalue weighted by molar-refractivity contribution is 0.0895. The first-order valence-corrected chi connectivity index (χ1v) is 11.3. The number of ether oxygens (including phenoxy) is 1. The van der Waals surface area contributed by atoms with E-state index in [1.165, 1.54) is 31.2 Å². The second-order valence-electron chi connectivity index (χ2n) is 8.70. The monoisotopic (exact) mass is 411 g/mol. The summed E-state index contributed by atoms with van der Waals surface area (Å²) in [4.78, 5) is 15.1. The zero-order chi connectivity index (χ0) is 20.8. The summed E-state index contributed by atoms with van der Waals surface area (Å²) in [5.74, 6) is 1.42. The number of likely N-dealkylation sites (tertiary alicyclic amines) is 1. The predicted octanol–water partition coefficient (Wildman–Crippen LogP) is 4.52. The second-order valence-corrected chi connectivity index (χ2v) is 8.70. The van der Waals surface area contributed by atoms with Gasteiger partial charge in [-0.05, 0) is 49.9 Å². The highest BCUT2D eigenvalue weighted by Gasteiger charge is 2.26. The van der Waals surface area contributed by atoms with E-state index in [-0.39, 0.29) is 11.9 Å². The van der Waals surface area contributed by atoms with Crippen molar-refractivity contribution in [2.24, 2.45) is 0 Å². The van der Waals surface area contributed by atoms with Crippen LogP contribution in [0.2, 0.25) is 0 Å². The molecule has 0 radical (unpaired) electrons. The lowest BCUT2D eigenvalue weighted by atomic mass is 9.94. The molecule has 2 aliphatic rings. The molecule has 0 spiro atoms. The van der Waals surface area contributed by atoms with E-state index in [1.807, 2.05) is 18.2 Å². The molecule has 1 saturated carbocycles. The van der Waals surface area contributed by atoms with Crippen molar-refractivity contribution < 1.29 is 14.1 Å². The van der Waals surface area contributed by atoms with Gasteiger partial charge < -0.3 is 14.6 Å². The Balaban J connectivity index is 1.34. The Morgan fingerprint density at radius 1 is 1.17 bits per heavy atom. The van der Waals surface area contributed by atoms with Crippen LogP contribution in [0.15, 0.2) is 34.9 Å². The fraction of sp³-hybridized carbons (Fsp3) is 0.583. The van der Waals surface area contributed by atoms with E-state index in [0.29, 0.717) is 11.7 Å². The van der Waals surface area contributed by atoms with Crippen LogP contribution in [0, 0.1) is 0 Å². The van der Waals surface area contributed by atoms with E-state index >= 15 is 0 Å². The molecule has 1 aliphatic carbocycles. The number of aromatic nitrogens is 1. The zero-order valence-electron chi connectivity index (χ0n) is 17.9. The first-order chi connectivity index (χ1) is 14.7. The highest BCUT2D eigenvalue weighted by atomic mass is 16.5. The molecule has 1 aliphatic heterocycles. The quantitative estimate of drug-likeness (QED) is 0.708. The SMILES string of the molecule is COc1cccc(CN2CCCC(c3cc(C(=O)NC4CCCCCC4)on3)C2)c1. The molecule has 1 atom stereocenters. The number of nitrogens with one attached hydrogen (secondary N) is 1. The van der Waals surface area contributed by atoms with Crippen molar-refractivity contribution in [3.63, 3.8) is 0 Å². The van der Waals surface area contributed by atoms with Gasteiger partial charge in [-0.3, -0.25) is 9.69 Å². The maximum Gasteiger partial charge on any atom is 0.290 e. The van der Waals surface area contributed by atoms with Crippen LogP contribution in [0.3, 0.4) is 0 Å². The summed E-state index contributed by atoms with van der Waals surface area (Å²) in [5.41, 5.74) is 2.15. The summed E-state index contributed by atoms with van der Waals surface area (Å²) in [6.45, 7) is 2.88. The Hall–Kier alpha value is -2.34. The minimum atomic E-state index is -0.121. The predicted molar refractivity (Wildman–Crippen MR) is 116 cm³/mol. The molecule has 2 heterocycles. The van der Waals surface area contributed by atoms with Crippen LogP contribution < -0.4 is 10.1 Å². The summed E-state index contributed by atoms with van der Waals surface area (Å²) in [6, 6.07) is 10.4. The lowest BCUT2D eigenvalue weighted by Crippen LogP contribution is -2.34. The molecule has 2 aromatic rings. The highest BCUT2D eigenvalue weighted by Crippen LogP contribution is 2.28. The molecule has 6 heteroatoms. The maximum atomic E-state index is 12.6. The zero-order valence-corrected chi connectivity index (χ0v) is 17.9. The van der Waals surface area contributed by atoms with Crippen molar-refractivity contribution in [3.05, 3.63) is 47.3 Å². The number of nitrogens with zero attached hydrogens (tertiary/aromatic N) is 2. The average molecular weight is 412 g/mol. The van der Waals surface area contributed by atoms with Gasteiger partial charge in [0.25, 0.3) is 5.91 Å². The summed E-state index contributed by atoms with van der Waals surface area (Å²) in [6.07, 6.45) is 9.24. The van der Waals surface area contributed by atoms with Gasteiger partial charge in [0.2, 0.25) is 5.76 Å². The van der Waals surface area contributed by atoms with Gasteiger partial charge in [0.1, 0.15) is 5.75 Å². The standard InChI is InChI=1S/C24H33N3O3/c1-29-21-12-6-8-18(14-21)16-27-13-7-9-19(17-27)22-15-23(30-26-22)24(28)25-20-10-4-2-3-5-11-20/h6,8,12,14-15,19-20H,2-5,7,9-11,13,16-17H2,1H3,(H,25,28).